The Bertz CT molecular complexity index is 617. The van der Waals surface area contributed by atoms with Crippen molar-refractivity contribution >= 4 is 11.7 Å². The summed E-state index contributed by atoms with van der Waals surface area (Å²) in [7, 11) is 0. The predicted octanol–water partition coefficient (Wildman–Crippen LogP) is 1.86. The minimum absolute atomic E-state index is 0.151. The number of ether oxygens (including phenoxy) is 1. The standard InChI is InChI=1S/C14H21N5O2/c1-4-10(3)19-7-6-11(16-19)8-18-9-12(15)13(17-18)14(20)21-5-2/h6-7,9-10H,4-5,8,15H2,1-3H3. The topological polar surface area (TPSA) is 88.0 Å². The Labute approximate surface area is 123 Å². The van der Waals surface area contributed by atoms with Crippen LogP contribution in [-0.2, 0) is 11.3 Å². The molecule has 0 saturated carbocycles. The highest BCUT2D eigenvalue weighted by atomic mass is 16.5. The number of hydrogen-bond acceptors (Lipinski definition) is 5. The van der Waals surface area contributed by atoms with Crippen molar-refractivity contribution in [1.29, 1.82) is 0 Å². The molecule has 2 N–H and O–H groups in total. The van der Waals surface area contributed by atoms with Gasteiger partial charge in [-0.15, -0.1) is 0 Å². The first-order chi connectivity index (χ1) is 10.0. The highest BCUT2D eigenvalue weighted by Gasteiger charge is 2.16. The SMILES string of the molecule is CCOC(=O)c1nn(Cc2ccn(C(C)CC)n2)cc1N. The van der Waals surface area contributed by atoms with E-state index in [1.807, 2.05) is 16.9 Å². The molecule has 2 heterocycles. The van der Waals surface area contributed by atoms with Crippen molar-refractivity contribution < 1.29 is 9.53 Å². The first kappa shape index (κ1) is 15.1. The van der Waals surface area contributed by atoms with Crippen molar-refractivity contribution in [3.05, 3.63) is 29.8 Å². The van der Waals surface area contributed by atoms with Gasteiger partial charge in [0.15, 0.2) is 5.69 Å². The number of carbonyl (C=O) groups excluding carboxylic acids is 1. The number of anilines is 1. The van der Waals surface area contributed by atoms with E-state index in [1.54, 1.807) is 17.8 Å². The Morgan fingerprint density at radius 3 is 2.86 bits per heavy atom. The van der Waals surface area contributed by atoms with Crippen molar-refractivity contribution in [2.75, 3.05) is 12.3 Å². The van der Waals surface area contributed by atoms with Gasteiger partial charge in [0.2, 0.25) is 0 Å². The number of esters is 1. The van der Waals surface area contributed by atoms with Crippen LogP contribution < -0.4 is 5.73 Å². The molecule has 0 bridgehead atoms. The van der Waals surface area contributed by atoms with Crippen molar-refractivity contribution in [2.45, 2.75) is 39.8 Å². The lowest BCUT2D eigenvalue weighted by molar-refractivity contribution is 0.0519. The molecule has 1 unspecified atom stereocenters. The molecule has 0 spiro atoms. The zero-order valence-corrected chi connectivity index (χ0v) is 12.6. The minimum atomic E-state index is -0.501. The smallest absolute Gasteiger partial charge is 0.361 e. The molecule has 0 saturated heterocycles. The van der Waals surface area contributed by atoms with Crippen LogP contribution in [0.3, 0.4) is 0 Å². The number of rotatable bonds is 6. The molecule has 0 amide bonds. The van der Waals surface area contributed by atoms with Gasteiger partial charge < -0.3 is 10.5 Å². The Hall–Kier alpha value is -2.31. The monoisotopic (exact) mass is 291 g/mol. The Morgan fingerprint density at radius 1 is 1.43 bits per heavy atom. The fraction of sp³-hybridized carbons (Fsp3) is 0.500. The highest BCUT2D eigenvalue weighted by molar-refractivity contribution is 5.92. The maximum absolute atomic E-state index is 11.7. The van der Waals surface area contributed by atoms with Crippen LogP contribution in [-0.4, -0.2) is 32.1 Å². The molecule has 7 nitrogen and oxygen atoms in total. The van der Waals surface area contributed by atoms with Gasteiger partial charge in [-0.25, -0.2) is 4.79 Å². The maximum Gasteiger partial charge on any atom is 0.361 e. The molecule has 2 aromatic heterocycles. The lowest BCUT2D eigenvalue weighted by atomic mass is 10.3. The van der Waals surface area contributed by atoms with E-state index < -0.39 is 5.97 Å². The predicted molar refractivity (Wildman–Crippen MR) is 78.9 cm³/mol. The molecule has 0 fully saturated rings. The minimum Gasteiger partial charge on any atom is -0.461 e. The average molecular weight is 291 g/mol. The Morgan fingerprint density at radius 2 is 2.19 bits per heavy atom. The summed E-state index contributed by atoms with van der Waals surface area (Å²) in [5.74, 6) is -0.501. The summed E-state index contributed by atoms with van der Waals surface area (Å²) in [6.07, 6.45) is 4.58. The second-order valence-corrected chi connectivity index (χ2v) is 4.90. The summed E-state index contributed by atoms with van der Waals surface area (Å²) in [4.78, 5) is 11.7. The van der Waals surface area contributed by atoms with Crippen LogP contribution in [0.4, 0.5) is 5.69 Å². The second kappa shape index (κ2) is 6.43. The third-order valence-corrected chi connectivity index (χ3v) is 3.29. The van der Waals surface area contributed by atoms with Gasteiger partial charge in [-0.3, -0.25) is 9.36 Å². The third-order valence-electron chi connectivity index (χ3n) is 3.29. The Balaban J connectivity index is 2.11. The number of nitrogens with two attached hydrogens (primary N) is 1. The third kappa shape index (κ3) is 3.42. The first-order valence-electron chi connectivity index (χ1n) is 7.09. The fourth-order valence-corrected chi connectivity index (χ4v) is 1.94. The zero-order valence-electron chi connectivity index (χ0n) is 12.6. The number of carbonyl (C=O) groups is 1. The maximum atomic E-state index is 11.7. The molecule has 21 heavy (non-hydrogen) atoms. The van der Waals surface area contributed by atoms with Gasteiger partial charge in [0.05, 0.1) is 24.5 Å². The van der Waals surface area contributed by atoms with Crippen LogP contribution >= 0.6 is 0 Å². The lowest BCUT2D eigenvalue weighted by Gasteiger charge is -2.08. The molecular formula is C14H21N5O2. The molecule has 0 radical (unpaired) electrons. The molecule has 2 aromatic rings. The first-order valence-corrected chi connectivity index (χ1v) is 7.09. The van der Waals surface area contributed by atoms with E-state index in [1.165, 1.54) is 0 Å². The second-order valence-electron chi connectivity index (χ2n) is 4.90. The van der Waals surface area contributed by atoms with Crippen LogP contribution in [0.25, 0.3) is 0 Å². The molecular weight excluding hydrogens is 270 g/mol. The molecule has 1 atom stereocenters. The molecule has 0 aliphatic rings. The van der Waals surface area contributed by atoms with E-state index in [4.69, 9.17) is 10.5 Å². The summed E-state index contributed by atoms with van der Waals surface area (Å²) < 4.78 is 8.44. The largest absolute Gasteiger partial charge is 0.461 e. The van der Waals surface area contributed by atoms with E-state index in [0.29, 0.717) is 24.9 Å². The molecule has 0 aromatic carbocycles. The van der Waals surface area contributed by atoms with E-state index in [9.17, 15) is 4.79 Å². The molecule has 7 heteroatoms. The van der Waals surface area contributed by atoms with Gasteiger partial charge in [0.25, 0.3) is 0 Å². The van der Waals surface area contributed by atoms with Gasteiger partial charge in [-0.2, -0.15) is 10.2 Å². The van der Waals surface area contributed by atoms with Crippen molar-refractivity contribution in [1.82, 2.24) is 19.6 Å². The van der Waals surface area contributed by atoms with Gasteiger partial charge in [-0.1, -0.05) is 6.92 Å². The molecule has 0 aliphatic carbocycles. The highest BCUT2D eigenvalue weighted by Crippen LogP contribution is 2.13. The van der Waals surface area contributed by atoms with Crippen LogP contribution in [0.2, 0.25) is 0 Å². The number of nitrogens with zero attached hydrogens (tertiary/aromatic N) is 4. The number of aromatic nitrogens is 4. The molecule has 114 valence electrons. The summed E-state index contributed by atoms with van der Waals surface area (Å²) >= 11 is 0. The van der Waals surface area contributed by atoms with E-state index in [2.05, 4.69) is 24.0 Å². The molecule has 0 aliphatic heterocycles. The number of hydrogen-bond donors (Lipinski definition) is 1. The Kier molecular flexibility index (Phi) is 4.62. The van der Waals surface area contributed by atoms with E-state index in [0.717, 1.165) is 12.1 Å². The average Bonchev–Trinajstić information content (AvgIpc) is 3.05. The van der Waals surface area contributed by atoms with E-state index in [-0.39, 0.29) is 5.69 Å². The van der Waals surface area contributed by atoms with Gasteiger partial charge in [-0.05, 0) is 26.3 Å². The van der Waals surface area contributed by atoms with Crippen molar-refractivity contribution in [3.63, 3.8) is 0 Å². The fourth-order valence-electron chi connectivity index (χ4n) is 1.94. The van der Waals surface area contributed by atoms with Crippen molar-refractivity contribution in [3.8, 4) is 0 Å². The van der Waals surface area contributed by atoms with Gasteiger partial charge >= 0.3 is 5.97 Å². The quantitative estimate of drug-likeness (QED) is 0.821. The van der Waals surface area contributed by atoms with Crippen molar-refractivity contribution in [2.24, 2.45) is 0 Å². The summed E-state index contributed by atoms with van der Waals surface area (Å²) in [6, 6.07) is 2.30. The van der Waals surface area contributed by atoms with Gasteiger partial charge in [0, 0.05) is 18.4 Å². The summed E-state index contributed by atoms with van der Waals surface area (Å²) in [5.41, 5.74) is 7.13. The normalized spacial score (nSPS) is 12.3. The van der Waals surface area contributed by atoms with Crippen LogP contribution in [0.15, 0.2) is 18.5 Å². The van der Waals surface area contributed by atoms with Gasteiger partial charge in [0.1, 0.15) is 0 Å². The number of nitrogen functional groups attached to an aromatic ring is 1. The summed E-state index contributed by atoms with van der Waals surface area (Å²) in [6.45, 7) is 6.73. The summed E-state index contributed by atoms with van der Waals surface area (Å²) in [5, 5.41) is 8.66. The zero-order chi connectivity index (χ0) is 15.4. The lowest BCUT2D eigenvalue weighted by Crippen LogP contribution is -2.09. The van der Waals surface area contributed by atoms with E-state index >= 15 is 0 Å². The van der Waals surface area contributed by atoms with Crippen LogP contribution in [0.5, 0.6) is 0 Å². The van der Waals surface area contributed by atoms with Crippen LogP contribution in [0.1, 0.15) is 49.4 Å². The van der Waals surface area contributed by atoms with Crippen LogP contribution in [0, 0.1) is 0 Å². The molecule has 2 rings (SSSR count).